The minimum Gasteiger partial charge on any atom is -0.465 e. The number of hydrogen-bond donors (Lipinski definition) is 1. The summed E-state index contributed by atoms with van der Waals surface area (Å²) in [6, 6.07) is 5.55. The Balaban J connectivity index is 1.35. The number of furan rings is 1. The number of rotatable bonds is 6. The van der Waals surface area contributed by atoms with Gasteiger partial charge in [-0.3, -0.25) is 9.78 Å². The Morgan fingerprint density at radius 2 is 2.24 bits per heavy atom. The molecule has 1 fully saturated rings. The smallest absolute Gasteiger partial charge is 0.246 e. The number of nitrogens with one attached hydrogen (secondary N) is 1. The summed E-state index contributed by atoms with van der Waals surface area (Å²) in [4.78, 5) is 31.3. The number of piperidine rings is 1. The number of amides is 1. The normalized spacial score (nSPS) is 16.8. The zero-order valence-electron chi connectivity index (χ0n) is 15.9. The molecule has 3 aromatic heterocycles. The van der Waals surface area contributed by atoms with E-state index in [0.717, 1.165) is 38.0 Å². The Morgan fingerprint density at radius 1 is 1.28 bits per heavy atom. The zero-order valence-corrected chi connectivity index (χ0v) is 15.9. The van der Waals surface area contributed by atoms with Gasteiger partial charge in [-0.25, -0.2) is 15.0 Å². The average Bonchev–Trinajstić information content (AvgIpc) is 3.27. The molecule has 1 aliphatic heterocycles. The molecule has 1 N–H and O–H groups in total. The van der Waals surface area contributed by atoms with Crippen LogP contribution in [-0.4, -0.2) is 43.8 Å². The molecule has 0 bridgehead atoms. The van der Waals surface area contributed by atoms with Gasteiger partial charge in [0, 0.05) is 43.3 Å². The fraction of sp³-hybridized carbons (Fsp3) is 0.286. The lowest BCUT2D eigenvalue weighted by Crippen LogP contribution is -2.39. The molecule has 8 nitrogen and oxygen atoms in total. The third-order valence-corrected chi connectivity index (χ3v) is 4.80. The lowest BCUT2D eigenvalue weighted by atomic mass is 9.93. The highest BCUT2D eigenvalue weighted by atomic mass is 16.3. The van der Waals surface area contributed by atoms with Gasteiger partial charge in [0.25, 0.3) is 0 Å². The highest BCUT2D eigenvalue weighted by Crippen LogP contribution is 2.22. The van der Waals surface area contributed by atoms with Gasteiger partial charge >= 0.3 is 0 Å². The van der Waals surface area contributed by atoms with Crippen LogP contribution in [0.3, 0.4) is 0 Å². The first-order valence-corrected chi connectivity index (χ1v) is 9.61. The third kappa shape index (κ3) is 5.25. The predicted octanol–water partition coefficient (Wildman–Crippen LogP) is 3.10. The van der Waals surface area contributed by atoms with Crippen LogP contribution in [-0.2, 0) is 11.2 Å². The van der Waals surface area contributed by atoms with E-state index < -0.39 is 0 Å². The fourth-order valence-electron chi connectivity index (χ4n) is 3.44. The van der Waals surface area contributed by atoms with Gasteiger partial charge in [-0.15, -0.1) is 0 Å². The van der Waals surface area contributed by atoms with Crippen LogP contribution in [0, 0.1) is 5.92 Å². The van der Waals surface area contributed by atoms with E-state index in [2.05, 4.69) is 25.3 Å². The fourth-order valence-corrected chi connectivity index (χ4v) is 3.44. The van der Waals surface area contributed by atoms with Crippen LogP contribution in [0.1, 0.15) is 24.3 Å². The molecule has 0 radical (unpaired) electrons. The van der Waals surface area contributed by atoms with Crippen LogP contribution >= 0.6 is 0 Å². The van der Waals surface area contributed by atoms with E-state index in [4.69, 9.17) is 4.42 Å². The van der Waals surface area contributed by atoms with Crippen molar-refractivity contribution >= 4 is 23.6 Å². The summed E-state index contributed by atoms with van der Waals surface area (Å²) < 4.78 is 5.24. The molecule has 1 amide bonds. The van der Waals surface area contributed by atoms with Crippen molar-refractivity contribution in [3.05, 3.63) is 66.9 Å². The Labute approximate surface area is 168 Å². The zero-order chi connectivity index (χ0) is 19.9. The summed E-state index contributed by atoms with van der Waals surface area (Å²) in [5, 5.41) is 3.13. The van der Waals surface area contributed by atoms with Gasteiger partial charge in [0.2, 0.25) is 5.91 Å². The minimum absolute atomic E-state index is 0.0128. The standard InChI is InChI=1S/C21H22N6O2/c28-21(6-5-18-4-2-10-29-18)27-9-1-3-16(14-27)11-17-12-19(25-15-24-17)26-20-13-22-7-8-23-20/h2,4-8,10,12-13,15-16H,1,3,9,11,14H2,(H,23,24,25,26)/b6-5+/t16-/m0/s1. The van der Waals surface area contributed by atoms with Gasteiger partial charge < -0.3 is 14.6 Å². The molecule has 0 unspecified atom stereocenters. The monoisotopic (exact) mass is 390 g/mol. The van der Waals surface area contributed by atoms with E-state index in [-0.39, 0.29) is 5.91 Å². The van der Waals surface area contributed by atoms with Crippen LogP contribution in [0.25, 0.3) is 6.08 Å². The molecule has 29 heavy (non-hydrogen) atoms. The maximum atomic E-state index is 12.5. The second-order valence-corrected chi connectivity index (χ2v) is 6.96. The lowest BCUT2D eigenvalue weighted by molar-refractivity contribution is -0.127. The molecule has 0 aromatic carbocycles. The topological polar surface area (TPSA) is 97.0 Å². The first-order valence-electron chi connectivity index (χ1n) is 9.61. The predicted molar refractivity (Wildman–Crippen MR) is 108 cm³/mol. The highest BCUT2D eigenvalue weighted by molar-refractivity contribution is 5.91. The molecule has 0 saturated carbocycles. The molecule has 3 aromatic rings. The first kappa shape index (κ1) is 18.8. The van der Waals surface area contributed by atoms with Gasteiger partial charge in [0.05, 0.1) is 12.5 Å². The number of anilines is 2. The van der Waals surface area contributed by atoms with Gasteiger partial charge in [0.1, 0.15) is 23.7 Å². The summed E-state index contributed by atoms with van der Waals surface area (Å²) >= 11 is 0. The van der Waals surface area contributed by atoms with Crippen LogP contribution in [0.15, 0.2) is 59.9 Å². The summed E-state index contributed by atoms with van der Waals surface area (Å²) in [6.07, 6.45) is 14.2. The van der Waals surface area contributed by atoms with Crippen molar-refractivity contribution in [1.29, 1.82) is 0 Å². The molecule has 0 aliphatic carbocycles. The summed E-state index contributed by atoms with van der Waals surface area (Å²) in [7, 11) is 0. The number of nitrogens with zero attached hydrogens (tertiary/aromatic N) is 5. The van der Waals surface area contributed by atoms with Crippen molar-refractivity contribution in [1.82, 2.24) is 24.8 Å². The minimum atomic E-state index is 0.0128. The number of aromatic nitrogens is 4. The van der Waals surface area contributed by atoms with Crippen molar-refractivity contribution in [2.75, 3.05) is 18.4 Å². The number of hydrogen-bond acceptors (Lipinski definition) is 7. The van der Waals surface area contributed by atoms with Crippen LogP contribution in [0.4, 0.5) is 11.6 Å². The van der Waals surface area contributed by atoms with E-state index in [1.54, 1.807) is 49.4 Å². The quantitative estimate of drug-likeness (QED) is 0.646. The Morgan fingerprint density at radius 3 is 3.07 bits per heavy atom. The Kier molecular flexibility index (Phi) is 5.89. The first-order chi connectivity index (χ1) is 14.3. The summed E-state index contributed by atoms with van der Waals surface area (Å²) in [6.45, 7) is 1.50. The van der Waals surface area contributed by atoms with Crippen molar-refractivity contribution in [3.63, 3.8) is 0 Å². The van der Waals surface area contributed by atoms with E-state index in [1.807, 2.05) is 17.0 Å². The average molecular weight is 390 g/mol. The Bertz CT molecular complexity index is 958. The van der Waals surface area contributed by atoms with Crippen LogP contribution in [0.5, 0.6) is 0 Å². The molecular weight excluding hydrogens is 368 g/mol. The molecule has 1 atom stereocenters. The van der Waals surface area contributed by atoms with Crippen molar-refractivity contribution in [2.24, 2.45) is 5.92 Å². The second kappa shape index (κ2) is 9.09. The number of carbonyl (C=O) groups is 1. The molecule has 0 spiro atoms. The summed E-state index contributed by atoms with van der Waals surface area (Å²) in [5.41, 5.74) is 0.941. The second-order valence-electron chi connectivity index (χ2n) is 6.96. The summed E-state index contributed by atoms with van der Waals surface area (Å²) in [5.74, 6) is 2.37. The van der Waals surface area contributed by atoms with Gasteiger partial charge in [-0.1, -0.05) is 0 Å². The molecule has 1 aliphatic rings. The van der Waals surface area contributed by atoms with E-state index in [9.17, 15) is 4.79 Å². The Hall–Kier alpha value is -3.55. The molecule has 1 saturated heterocycles. The van der Waals surface area contributed by atoms with E-state index in [1.165, 1.54) is 0 Å². The molecule has 4 rings (SSSR count). The van der Waals surface area contributed by atoms with E-state index >= 15 is 0 Å². The maximum Gasteiger partial charge on any atom is 0.246 e. The van der Waals surface area contributed by atoms with Gasteiger partial charge in [-0.2, -0.15) is 0 Å². The SMILES string of the molecule is O=C(/C=C/c1ccco1)N1CCC[C@@H](Cc2cc(Nc3cnccn3)ncn2)C1. The van der Waals surface area contributed by atoms with Crippen molar-refractivity contribution in [3.8, 4) is 0 Å². The highest BCUT2D eigenvalue weighted by Gasteiger charge is 2.23. The van der Waals surface area contributed by atoms with Crippen LogP contribution in [0.2, 0.25) is 0 Å². The third-order valence-electron chi connectivity index (χ3n) is 4.80. The van der Waals surface area contributed by atoms with Crippen LogP contribution < -0.4 is 5.32 Å². The van der Waals surface area contributed by atoms with Crippen molar-refractivity contribution in [2.45, 2.75) is 19.3 Å². The molecule has 8 heteroatoms. The molecule has 4 heterocycles. The number of carbonyl (C=O) groups excluding carboxylic acids is 1. The maximum absolute atomic E-state index is 12.5. The van der Waals surface area contributed by atoms with Crippen molar-refractivity contribution < 1.29 is 9.21 Å². The van der Waals surface area contributed by atoms with Gasteiger partial charge in [-0.05, 0) is 43.4 Å². The molecule has 148 valence electrons. The lowest BCUT2D eigenvalue weighted by Gasteiger charge is -2.32. The number of likely N-dealkylation sites (tertiary alicyclic amines) is 1. The van der Waals surface area contributed by atoms with E-state index in [0.29, 0.717) is 23.3 Å². The molecular formula is C21H22N6O2. The largest absolute Gasteiger partial charge is 0.465 e. The van der Waals surface area contributed by atoms with Gasteiger partial charge in [0.15, 0.2) is 0 Å².